The largest absolute Gasteiger partial charge is 0.469 e. The number of halogens is 3. The summed E-state index contributed by atoms with van der Waals surface area (Å²) in [5.74, 6) is -2.81. The molecule has 0 saturated carbocycles. The number of aromatic nitrogens is 1. The quantitative estimate of drug-likeness (QED) is 0.787. The number of nitrogens with zero attached hydrogens (tertiary/aromatic N) is 1. The highest BCUT2D eigenvalue weighted by Crippen LogP contribution is 2.32. The van der Waals surface area contributed by atoms with E-state index in [-0.39, 0.29) is 11.3 Å². The maximum atomic E-state index is 12.3. The molecule has 0 fully saturated rings. The maximum absolute atomic E-state index is 12.3. The summed E-state index contributed by atoms with van der Waals surface area (Å²) in [6, 6.07) is 7.84. The van der Waals surface area contributed by atoms with Gasteiger partial charge >= 0.3 is 24.0 Å². The van der Waals surface area contributed by atoms with Gasteiger partial charge in [-0.25, -0.2) is 9.78 Å². The second-order valence-corrected chi connectivity index (χ2v) is 3.65. The Morgan fingerprint density at radius 2 is 1.89 bits per heavy atom. The molecule has 0 amide bonds. The summed E-state index contributed by atoms with van der Waals surface area (Å²) in [6.45, 7) is 1.26. The Hall–Kier alpha value is -2.31. The van der Waals surface area contributed by atoms with Crippen LogP contribution in [0.1, 0.15) is 21.9 Å². The first-order chi connectivity index (χ1) is 8.88. The Balaban J connectivity index is 2.21. The summed E-state index contributed by atoms with van der Waals surface area (Å²) >= 11 is 0. The van der Waals surface area contributed by atoms with Crippen molar-refractivity contribution in [3.05, 3.63) is 47.5 Å². The van der Waals surface area contributed by atoms with Gasteiger partial charge in [-0.15, -0.1) is 0 Å². The number of hydrogen-bond donors (Lipinski definition) is 0. The van der Waals surface area contributed by atoms with Gasteiger partial charge in [0.05, 0.1) is 5.56 Å². The van der Waals surface area contributed by atoms with Crippen LogP contribution in [0.25, 0.3) is 0 Å². The number of esters is 1. The number of oxazole rings is 1. The van der Waals surface area contributed by atoms with Crippen LogP contribution in [0.5, 0.6) is 5.95 Å². The first kappa shape index (κ1) is 13.1. The minimum absolute atomic E-state index is 0.142. The molecule has 0 N–H and O–H groups in total. The van der Waals surface area contributed by atoms with Crippen LogP contribution in [0.15, 0.2) is 34.7 Å². The van der Waals surface area contributed by atoms with Crippen molar-refractivity contribution in [2.45, 2.75) is 13.1 Å². The Morgan fingerprint density at radius 3 is 2.42 bits per heavy atom. The Bertz CT molecular complexity index is 590. The van der Waals surface area contributed by atoms with Crippen LogP contribution in [-0.2, 0) is 6.18 Å². The second-order valence-electron chi connectivity index (χ2n) is 3.65. The van der Waals surface area contributed by atoms with Gasteiger partial charge < -0.3 is 9.15 Å². The summed E-state index contributed by atoms with van der Waals surface area (Å²) in [7, 11) is 0. The molecule has 4 nitrogen and oxygen atoms in total. The first-order valence-electron chi connectivity index (χ1n) is 5.20. The van der Waals surface area contributed by atoms with Crippen molar-refractivity contribution in [1.82, 2.24) is 4.98 Å². The molecule has 0 aliphatic heterocycles. The third-order valence-electron chi connectivity index (χ3n) is 2.19. The van der Waals surface area contributed by atoms with Gasteiger partial charge in [0.2, 0.25) is 0 Å². The zero-order valence-electron chi connectivity index (χ0n) is 9.69. The molecule has 0 aliphatic rings. The predicted octanol–water partition coefficient (Wildman–Crippen LogP) is 3.22. The Morgan fingerprint density at radius 1 is 1.26 bits per heavy atom. The lowest BCUT2D eigenvalue weighted by molar-refractivity contribution is -0.157. The molecule has 1 aromatic carbocycles. The molecule has 100 valence electrons. The summed E-state index contributed by atoms with van der Waals surface area (Å²) in [5.41, 5.74) is 0.0588. The summed E-state index contributed by atoms with van der Waals surface area (Å²) < 4.78 is 46.2. The van der Waals surface area contributed by atoms with Crippen LogP contribution in [0.2, 0.25) is 0 Å². The van der Waals surface area contributed by atoms with Gasteiger partial charge in [0.1, 0.15) is 5.69 Å². The van der Waals surface area contributed by atoms with E-state index in [0.717, 1.165) is 0 Å². The number of aryl methyl sites for hydroxylation is 1. The third-order valence-corrected chi connectivity index (χ3v) is 2.19. The number of carbonyl (C=O) groups excluding carboxylic acids is 1. The molecule has 0 spiro atoms. The zero-order valence-corrected chi connectivity index (χ0v) is 9.69. The van der Waals surface area contributed by atoms with Gasteiger partial charge in [0.25, 0.3) is 0 Å². The van der Waals surface area contributed by atoms with Gasteiger partial charge in [-0.2, -0.15) is 13.2 Å². The SMILES string of the molecule is Cc1nc(C(F)(F)F)oc1OC(=O)c1ccccc1. The van der Waals surface area contributed by atoms with Crippen molar-refractivity contribution in [1.29, 1.82) is 0 Å². The van der Waals surface area contributed by atoms with Crippen molar-refractivity contribution < 1.29 is 27.1 Å². The molecule has 0 atom stereocenters. The van der Waals surface area contributed by atoms with Crippen LogP contribution >= 0.6 is 0 Å². The summed E-state index contributed by atoms with van der Waals surface area (Å²) in [6.07, 6.45) is -4.72. The fourth-order valence-corrected chi connectivity index (χ4v) is 1.32. The van der Waals surface area contributed by atoms with E-state index in [4.69, 9.17) is 4.74 Å². The van der Waals surface area contributed by atoms with Crippen LogP contribution < -0.4 is 4.74 Å². The van der Waals surface area contributed by atoms with E-state index < -0.39 is 24.0 Å². The average molecular weight is 271 g/mol. The molecule has 1 aromatic heterocycles. The van der Waals surface area contributed by atoms with E-state index in [1.165, 1.54) is 19.1 Å². The normalized spacial score (nSPS) is 11.4. The number of ether oxygens (including phenoxy) is 1. The fourth-order valence-electron chi connectivity index (χ4n) is 1.32. The van der Waals surface area contributed by atoms with E-state index in [1.807, 2.05) is 0 Å². The van der Waals surface area contributed by atoms with Crippen molar-refractivity contribution >= 4 is 5.97 Å². The van der Waals surface area contributed by atoms with E-state index in [9.17, 15) is 18.0 Å². The number of alkyl halides is 3. The molecule has 2 rings (SSSR count). The Kier molecular flexibility index (Phi) is 3.28. The van der Waals surface area contributed by atoms with Crippen molar-refractivity contribution in [2.24, 2.45) is 0 Å². The number of benzene rings is 1. The number of rotatable bonds is 2. The average Bonchev–Trinajstić information content (AvgIpc) is 2.72. The van der Waals surface area contributed by atoms with Crippen LogP contribution in [-0.4, -0.2) is 11.0 Å². The zero-order chi connectivity index (χ0) is 14.0. The number of hydrogen-bond acceptors (Lipinski definition) is 4. The first-order valence-corrected chi connectivity index (χ1v) is 5.20. The molecule has 0 unspecified atom stereocenters. The maximum Gasteiger partial charge on any atom is 0.469 e. The molecule has 19 heavy (non-hydrogen) atoms. The predicted molar refractivity (Wildman–Crippen MR) is 57.6 cm³/mol. The standard InChI is InChI=1S/C12H8F3NO3/c1-7-10(19-11(16-7)12(13,14)15)18-9(17)8-5-3-2-4-6-8/h2-6H,1H3. The van der Waals surface area contributed by atoms with Crippen LogP contribution in [0.4, 0.5) is 13.2 Å². The van der Waals surface area contributed by atoms with Gasteiger partial charge in [-0.3, -0.25) is 0 Å². The molecule has 0 radical (unpaired) electrons. The van der Waals surface area contributed by atoms with Gasteiger partial charge in [-0.1, -0.05) is 18.2 Å². The van der Waals surface area contributed by atoms with E-state index >= 15 is 0 Å². The van der Waals surface area contributed by atoms with Crippen molar-refractivity contribution in [2.75, 3.05) is 0 Å². The smallest absolute Gasteiger partial charge is 0.400 e. The lowest BCUT2D eigenvalue weighted by atomic mass is 10.2. The Labute approximate surface area is 105 Å². The highest BCUT2D eigenvalue weighted by atomic mass is 19.4. The highest BCUT2D eigenvalue weighted by Gasteiger charge is 2.38. The van der Waals surface area contributed by atoms with E-state index in [2.05, 4.69) is 9.40 Å². The molecule has 7 heteroatoms. The molecule has 0 bridgehead atoms. The topological polar surface area (TPSA) is 52.3 Å². The summed E-state index contributed by atoms with van der Waals surface area (Å²) in [4.78, 5) is 14.8. The monoisotopic (exact) mass is 271 g/mol. The third kappa shape index (κ3) is 2.93. The molecule has 1 heterocycles. The molecule has 0 saturated heterocycles. The van der Waals surface area contributed by atoms with Gasteiger partial charge in [0.15, 0.2) is 0 Å². The summed E-state index contributed by atoms with van der Waals surface area (Å²) in [5, 5.41) is 0. The molecule has 0 aliphatic carbocycles. The lowest BCUT2D eigenvalue weighted by Gasteiger charge is -2.01. The minimum atomic E-state index is -4.72. The van der Waals surface area contributed by atoms with Gasteiger partial charge in [0, 0.05) is 0 Å². The molecular formula is C12H8F3NO3. The van der Waals surface area contributed by atoms with Crippen molar-refractivity contribution in [3.63, 3.8) is 0 Å². The lowest BCUT2D eigenvalue weighted by Crippen LogP contribution is -2.08. The molecule has 2 aromatic rings. The van der Waals surface area contributed by atoms with Crippen LogP contribution in [0.3, 0.4) is 0 Å². The highest BCUT2D eigenvalue weighted by molar-refractivity contribution is 5.90. The van der Waals surface area contributed by atoms with Crippen LogP contribution in [0, 0.1) is 6.92 Å². The second kappa shape index (κ2) is 4.75. The van der Waals surface area contributed by atoms with Crippen molar-refractivity contribution in [3.8, 4) is 5.95 Å². The van der Waals surface area contributed by atoms with Gasteiger partial charge in [-0.05, 0) is 19.1 Å². The minimum Gasteiger partial charge on any atom is -0.400 e. The number of carbonyl (C=O) groups is 1. The molecular weight excluding hydrogens is 263 g/mol. The van der Waals surface area contributed by atoms with E-state index in [1.54, 1.807) is 18.2 Å². The fraction of sp³-hybridized carbons (Fsp3) is 0.167. The van der Waals surface area contributed by atoms with E-state index in [0.29, 0.717) is 0 Å².